The number of benzene rings is 3. The van der Waals surface area contributed by atoms with Crippen LogP contribution in [0.2, 0.25) is 5.02 Å². The van der Waals surface area contributed by atoms with Crippen molar-refractivity contribution in [3.63, 3.8) is 0 Å². The van der Waals surface area contributed by atoms with Crippen molar-refractivity contribution in [1.29, 1.82) is 0 Å². The van der Waals surface area contributed by atoms with Gasteiger partial charge in [0.25, 0.3) is 0 Å². The second-order valence-corrected chi connectivity index (χ2v) is 8.31. The summed E-state index contributed by atoms with van der Waals surface area (Å²) in [6.07, 6.45) is -3.28. The minimum Gasteiger partial charge on any atom is -0.324 e. The Hall–Kier alpha value is -3.10. The molecule has 0 saturated heterocycles. The highest BCUT2D eigenvalue weighted by atomic mass is 35.5. The highest BCUT2D eigenvalue weighted by Gasteiger charge is 2.35. The molecule has 1 amide bonds. The van der Waals surface area contributed by atoms with Gasteiger partial charge in [-0.2, -0.15) is 13.2 Å². The second kappa shape index (κ2) is 9.18. The van der Waals surface area contributed by atoms with Crippen LogP contribution >= 0.6 is 23.4 Å². The van der Waals surface area contributed by atoms with Crippen molar-refractivity contribution in [2.45, 2.75) is 16.5 Å². The monoisotopic (exact) mass is 473 g/mol. The summed E-state index contributed by atoms with van der Waals surface area (Å²) >= 11 is 6.89. The van der Waals surface area contributed by atoms with Crippen LogP contribution in [0.25, 0.3) is 10.9 Å². The van der Waals surface area contributed by atoms with E-state index in [9.17, 15) is 18.0 Å². The van der Waals surface area contributed by atoms with Crippen LogP contribution < -0.4 is 5.32 Å². The maximum absolute atomic E-state index is 13.5. The topological polar surface area (TPSA) is 54.9 Å². The summed E-state index contributed by atoms with van der Waals surface area (Å²) in [5.74, 6) is -0.614. The highest BCUT2D eigenvalue weighted by Crippen LogP contribution is 2.40. The summed E-state index contributed by atoms with van der Waals surface area (Å²) in [4.78, 5) is 21.8. The average Bonchev–Trinajstić information content (AvgIpc) is 2.78. The van der Waals surface area contributed by atoms with E-state index in [0.717, 1.165) is 29.3 Å². The molecule has 1 heterocycles. The van der Waals surface area contributed by atoms with E-state index in [1.54, 1.807) is 30.3 Å². The lowest BCUT2D eigenvalue weighted by Gasteiger charge is -2.19. The number of carbonyl (C=O) groups is 1. The maximum atomic E-state index is 13.5. The molecular weight excluding hydrogens is 459 g/mol. The molecule has 162 valence electrons. The lowest BCUT2D eigenvalue weighted by Crippen LogP contribution is -2.21. The summed E-state index contributed by atoms with van der Waals surface area (Å²) in [5, 5.41) is 2.80. The van der Waals surface area contributed by atoms with Gasteiger partial charge in [0.05, 0.1) is 16.8 Å². The predicted molar refractivity (Wildman–Crippen MR) is 120 cm³/mol. The lowest BCUT2D eigenvalue weighted by atomic mass is 10.1. The molecule has 0 unspecified atom stereocenters. The van der Waals surface area contributed by atoms with Gasteiger partial charge in [0, 0.05) is 10.4 Å². The molecule has 4 aromatic rings. The Bertz CT molecular complexity index is 1260. The number of thioether (sulfide) groups is 1. The van der Waals surface area contributed by atoms with Crippen molar-refractivity contribution in [3.05, 3.63) is 95.3 Å². The summed E-state index contributed by atoms with van der Waals surface area (Å²) in [6.45, 7) is 0. The fourth-order valence-electron chi connectivity index (χ4n) is 3.14. The van der Waals surface area contributed by atoms with E-state index in [-0.39, 0.29) is 10.7 Å². The quantitative estimate of drug-likeness (QED) is 0.256. The molecule has 0 saturated carbocycles. The molecule has 1 N–H and O–H groups in total. The van der Waals surface area contributed by atoms with Gasteiger partial charge in [0.2, 0.25) is 5.91 Å². The van der Waals surface area contributed by atoms with Crippen molar-refractivity contribution in [3.8, 4) is 0 Å². The van der Waals surface area contributed by atoms with Gasteiger partial charge in [0.1, 0.15) is 16.6 Å². The minimum atomic E-state index is -4.67. The molecule has 4 rings (SSSR count). The standard InChI is InChI=1S/C23H15ClF3N3OS/c24-15-10-11-19(17(12-15)23(25,26)27)30-21(31)20(14-6-2-1-3-7-14)32-22-16-8-4-5-9-18(16)28-13-29-22/h1-13,20H,(H,30,31)/t20-/m1/s1. The number of nitrogens with zero attached hydrogens (tertiary/aromatic N) is 2. The first-order valence-electron chi connectivity index (χ1n) is 9.42. The largest absolute Gasteiger partial charge is 0.418 e. The molecule has 0 aliphatic heterocycles. The van der Waals surface area contributed by atoms with Crippen LogP contribution in [0.3, 0.4) is 0 Å². The number of carbonyl (C=O) groups excluding carboxylic acids is 1. The lowest BCUT2D eigenvalue weighted by molar-refractivity contribution is -0.137. The van der Waals surface area contributed by atoms with Gasteiger partial charge < -0.3 is 5.32 Å². The Labute approximate surface area is 190 Å². The Morgan fingerprint density at radius 3 is 2.44 bits per heavy atom. The SMILES string of the molecule is O=C(Nc1ccc(Cl)cc1C(F)(F)F)[C@H](Sc1ncnc2ccccc12)c1ccccc1. The van der Waals surface area contributed by atoms with Gasteiger partial charge in [-0.05, 0) is 29.8 Å². The van der Waals surface area contributed by atoms with Crippen molar-refractivity contribution in [2.24, 2.45) is 0 Å². The molecule has 0 spiro atoms. The number of rotatable bonds is 5. The number of halogens is 4. The zero-order chi connectivity index (χ0) is 22.7. The molecule has 0 bridgehead atoms. The Kier molecular flexibility index (Phi) is 6.34. The van der Waals surface area contributed by atoms with E-state index in [1.165, 1.54) is 12.4 Å². The Morgan fingerprint density at radius 1 is 0.969 bits per heavy atom. The van der Waals surface area contributed by atoms with Crippen LogP contribution in [0.5, 0.6) is 0 Å². The third-order valence-electron chi connectivity index (χ3n) is 4.62. The molecule has 9 heteroatoms. The van der Waals surface area contributed by atoms with Crippen LogP contribution in [0, 0.1) is 0 Å². The molecule has 0 radical (unpaired) electrons. The first-order chi connectivity index (χ1) is 15.3. The number of amides is 1. The summed E-state index contributed by atoms with van der Waals surface area (Å²) < 4.78 is 40.5. The van der Waals surface area contributed by atoms with Gasteiger partial charge >= 0.3 is 6.18 Å². The Balaban J connectivity index is 1.72. The zero-order valence-electron chi connectivity index (χ0n) is 16.3. The van der Waals surface area contributed by atoms with E-state index < -0.39 is 22.9 Å². The minimum absolute atomic E-state index is 0.0724. The number of nitrogens with one attached hydrogen (secondary N) is 1. The van der Waals surface area contributed by atoms with Gasteiger partial charge in [0.15, 0.2) is 0 Å². The second-order valence-electron chi connectivity index (χ2n) is 6.78. The molecule has 0 aliphatic carbocycles. The summed E-state index contributed by atoms with van der Waals surface area (Å²) in [7, 11) is 0. The van der Waals surface area contributed by atoms with Gasteiger partial charge in [-0.1, -0.05) is 71.9 Å². The summed E-state index contributed by atoms with van der Waals surface area (Å²) in [5.41, 5.74) is -0.0434. The molecule has 3 aromatic carbocycles. The first kappa shape index (κ1) is 22.1. The molecule has 4 nitrogen and oxygen atoms in total. The maximum Gasteiger partial charge on any atom is 0.418 e. The number of alkyl halides is 3. The fraction of sp³-hybridized carbons (Fsp3) is 0.0870. The van der Waals surface area contributed by atoms with E-state index in [0.29, 0.717) is 16.1 Å². The molecular formula is C23H15ClF3N3OS. The normalized spacial score (nSPS) is 12.5. The van der Waals surface area contributed by atoms with Crippen molar-refractivity contribution < 1.29 is 18.0 Å². The molecule has 0 fully saturated rings. The number of para-hydroxylation sites is 1. The summed E-state index contributed by atoms with van der Waals surface area (Å²) in [6, 6.07) is 19.4. The van der Waals surface area contributed by atoms with Crippen LogP contribution in [-0.4, -0.2) is 15.9 Å². The van der Waals surface area contributed by atoms with Gasteiger partial charge in [-0.25, -0.2) is 9.97 Å². The van der Waals surface area contributed by atoms with E-state index in [1.807, 2.05) is 24.3 Å². The molecule has 1 atom stereocenters. The van der Waals surface area contributed by atoms with E-state index in [2.05, 4.69) is 15.3 Å². The predicted octanol–water partition coefficient (Wildman–Crippen LogP) is 6.77. The van der Waals surface area contributed by atoms with Gasteiger partial charge in [-0.15, -0.1) is 0 Å². The third kappa shape index (κ3) is 4.87. The molecule has 32 heavy (non-hydrogen) atoms. The average molecular weight is 474 g/mol. The molecule has 0 aliphatic rings. The number of fused-ring (bicyclic) bond motifs is 1. The van der Waals surface area contributed by atoms with Crippen LogP contribution in [0.1, 0.15) is 16.4 Å². The first-order valence-corrected chi connectivity index (χ1v) is 10.7. The van der Waals surface area contributed by atoms with Gasteiger partial charge in [-0.3, -0.25) is 4.79 Å². The smallest absolute Gasteiger partial charge is 0.324 e. The zero-order valence-corrected chi connectivity index (χ0v) is 17.9. The highest BCUT2D eigenvalue weighted by molar-refractivity contribution is 8.00. The number of aromatic nitrogens is 2. The van der Waals surface area contributed by atoms with Crippen molar-refractivity contribution >= 4 is 45.9 Å². The van der Waals surface area contributed by atoms with Crippen LogP contribution in [-0.2, 0) is 11.0 Å². The molecule has 1 aromatic heterocycles. The number of anilines is 1. The van der Waals surface area contributed by atoms with Crippen LogP contribution in [0.4, 0.5) is 18.9 Å². The number of hydrogen-bond acceptors (Lipinski definition) is 4. The fourth-order valence-corrected chi connectivity index (χ4v) is 4.41. The Morgan fingerprint density at radius 2 is 1.69 bits per heavy atom. The van der Waals surface area contributed by atoms with Crippen LogP contribution in [0.15, 0.2) is 84.1 Å². The van der Waals surface area contributed by atoms with E-state index >= 15 is 0 Å². The van der Waals surface area contributed by atoms with Crippen molar-refractivity contribution in [1.82, 2.24) is 9.97 Å². The van der Waals surface area contributed by atoms with Crippen molar-refractivity contribution in [2.75, 3.05) is 5.32 Å². The van der Waals surface area contributed by atoms with E-state index in [4.69, 9.17) is 11.6 Å². The number of hydrogen-bond donors (Lipinski definition) is 1. The third-order valence-corrected chi connectivity index (χ3v) is 6.13.